The molecule has 2 rings (SSSR count). The van der Waals surface area contributed by atoms with E-state index < -0.39 is 11.7 Å². The molecule has 0 saturated heterocycles. The number of carbonyl (C=O) groups is 1. The first-order chi connectivity index (χ1) is 9.06. The molecule has 2 aromatic rings. The fraction of sp³-hybridized carbons (Fsp3) is 0. The molecule has 4 nitrogen and oxygen atoms in total. The number of aromatic nitrogens is 1. The van der Waals surface area contributed by atoms with Crippen LogP contribution in [0.3, 0.4) is 0 Å². The molecule has 0 bridgehead atoms. The fourth-order valence-electron chi connectivity index (χ4n) is 1.42. The molecule has 0 aliphatic heterocycles. The molecule has 0 saturated carbocycles. The molecule has 1 aromatic heterocycles. The Morgan fingerprint density at radius 3 is 2.42 bits per heavy atom. The molecule has 0 fully saturated rings. The molecule has 19 heavy (non-hydrogen) atoms. The van der Waals surface area contributed by atoms with Gasteiger partial charge in [0.1, 0.15) is 16.5 Å². The zero-order chi connectivity index (χ0) is 13.8. The van der Waals surface area contributed by atoms with Crippen LogP contribution in [0, 0.1) is 5.82 Å². The Morgan fingerprint density at radius 2 is 1.89 bits per heavy atom. The fourth-order valence-corrected chi connectivity index (χ4v) is 1.56. The summed E-state index contributed by atoms with van der Waals surface area (Å²) in [6, 6.07) is 9.25. The highest BCUT2D eigenvalue weighted by Crippen LogP contribution is 2.11. The van der Waals surface area contributed by atoms with E-state index in [0.717, 1.165) is 6.20 Å². The molecule has 1 amide bonds. The van der Waals surface area contributed by atoms with Crippen molar-refractivity contribution in [3.05, 3.63) is 59.7 Å². The highest BCUT2D eigenvalue weighted by Gasteiger charge is 2.07. The third kappa shape index (κ3) is 3.32. The molecule has 0 spiro atoms. The van der Waals surface area contributed by atoms with Gasteiger partial charge in [0.25, 0.3) is 5.91 Å². The van der Waals surface area contributed by atoms with E-state index in [1.165, 1.54) is 12.1 Å². The summed E-state index contributed by atoms with van der Waals surface area (Å²) < 4.78 is 12.7. The van der Waals surface area contributed by atoms with Crippen LogP contribution in [0.5, 0.6) is 0 Å². The van der Waals surface area contributed by atoms with Crippen molar-refractivity contribution >= 4 is 28.8 Å². The summed E-state index contributed by atoms with van der Waals surface area (Å²) in [5.74, 6) is -0.902. The minimum Gasteiger partial charge on any atom is -0.389 e. The smallest absolute Gasteiger partial charge is 0.274 e. The first-order valence-electron chi connectivity index (χ1n) is 5.39. The first-order valence-corrected chi connectivity index (χ1v) is 5.80. The average molecular weight is 275 g/mol. The molecule has 1 heterocycles. The second-order valence-electron chi connectivity index (χ2n) is 3.76. The number of pyridine rings is 1. The number of halogens is 1. The van der Waals surface area contributed by atoms with Crippen molar-refractivity contribution in [1.29, 1.82) is 0 Å². The molecule has 0 aliphatic rings. The van der Waals surface area contributed by atoms with E-state index in [2.05, 4.69) is 10.3 Å². The standard InChI is InChI=1S/C13H10FN3OS/c14-9-3-6-11(16-7-9)13(18)17-10-4-1-8(2-5-10)12(15)19/h1-7H,(H2,15,19)(H,17,18). The lowest BCUT2D eigenvalue weighted by atomic mass is 10.2. The monoisotopic (exact) mass is 275 g/mol. The van der Waals surface area contributed by atoms with E-state index in [9.17, 15) is 9.18 Å². The number of nitrogens with two attached hydrogens (primary N) is 1. The normalized spacial score (nSPS) is 9.95. The van der Waals surface area contributed by atoms with Crippen LogP contribution in [0.15, 0.2) is 42.6 Å². The Morgan fingerprint density at radius 1 is 1.21 bits per heavy atom. The van der Waals surface area contributed by atoms with Gasteiger partial charge in [-0.3, -0.25) is 4.79 Å². The number of thiocarbonyl (C=S) groups is 1. The summed E-state index contributed by atoms with van der Waals surface area (Å²) >= 11 is 4.83. The highest BCUT2D eigenvalue weighted by atomic mass is 32.1. The van der Waals surface area contributed by atoms with Crippen LogP contribution in [0.2, 0.25) is 0 Å². The van der Waals surface area contributed by atoms with Gasteiger partial charge in [0.15, 0.2) is 0 Å². The lowest BCUT2D eigenvalue weighted by molar-refractivity contribution is 0.102. The van der Waals surface area contributed by atoms with Gasteiger partial charge in [0.2, 0.25) is 0 Å². The van der Waals surface area contributed by atoms with Gasteiger partial charge in [-0.15, -0.1) is 0 Å². The van der Waals surface area contributed by atoms with Crippen LogP contribution in [0.1, 0.15) is 16.1 Å². The van der Waals surface area contributed by atoms with E-state index in [0.29, 0.717) is 11.3 Å². The SMILES string of the molecule is NC(=S)c1ccc(NC(=O)c2ccc(F)cn2)cc1. The van der Waals surface area contributed by atoms with E-state index in [1.807, 2.05) is 0 Å². The summed E-state index contributed by atoms with van der Waals surface area (Å²) in [4.78, 5) is 15.8. The molecule has 1 aromatic carbocycles. The second-order valence-corrected chi connectivity index (χ2v) is 4.20. The van der Waals surface area contributed by atoms with E-state index in [4.69, 9.17) is 18.0 Å². The number of nitrogens with one attached hydrogen (secondary N) is 1. The van der Waals surface area contributed by atoms with Gasteiger partial charge < -0.3 is 11.1 Å². The van der Waals surface area contributed by atoms with Crippen molar-refractivity contribution < 1.29 is 9.18 Å². The average Bonchev–Trinajstić information content (AvgIpc) is 2.40. The van der Waals surface area contributed by atoms with Gasteiger partial charge in [0, 0.05) is 11.3 Å². The summed E-state index contributed by atoms with van der Waals surface area (Å²) in [6.45, 7) is 0. The number of benzene rings is 1. The van der Waals surface area contributed by atoms with Crippen molar-refractivity contribution in [3.63, 3.8) is 0 Å². The topological polar surface area (TPSA) is 68.0 Å². The van der Waals surface area contributed by atoms with Crippen LogP contribution in [0.25, 0.3) is 0 Å². The van der Waals surface area contributed by atoms with E-state index in [1.54, 1.807) is 24.3 Å². The predicted octanol–water partition coefficient (Wildman–Crippen LogP) is 2.11. The second kappa shape index (κ2) is 5.53. The molecular formula is C13H10FN3OS. The maximum atomic E-state index is 12.7. The van der Waals surface area contributed by atoms with Crippen molar-refractivity contribution in [2.75, 3.05) is 5.32 Å². The van der Waals surface area contributed by atoms with Crippen molar-refractivity contribution in [3.8, 4) is 0 Å². The van der Waals surface area contributed by atoms with Crippen LogP contribution >= 0.6 is 12.2 Å². The van der Waals surface area contributed by atoms with Gasteiger partial charge in [-0.05, 0) is 36.4 Å². The predicted molar refractivity (Wildman–Crippen MR) is 74.5 cm³/mol. The number of carbonyl (C=O) groups excluding carboxylic acids is 1. The number of amides is 1. The molecule has 0 aliphatic carbocycles. The van der Waals surface area contributed by atoms with Crippen LogP contribution in [0.4, 0.5) is 10.1 Å². The molecule has 0 atom stereocenters. The first kappa shape index (κ1) is 13.1. The molecule has 3 N–H and O–H groups in total. The quantitative estimate of drug-likeness (QED) is 0.842. The Labute approximate surface area is 114 Å². The molecule has 0 radical (unpaired) electrons. The molecule has 0 unspecified atom stereocenters. The summed E-state index contributed by atoms with van der Waals surface area (Å²) in [5, 5.41) is 2.64. The van der Waals surface area contributed by atoms with Gasteiger partial charge in [-0.25, -0.2) is 9.37 Å². The molecule has 6 heteroatoms. The van der Waals surface area contributed by atoms with Crippen LogP contribution in [-0.2, 0) is 0 Å². The minimum atomic E-state index is -0.489. The zero-order valence-electron chi connectivity index (χ0n) is 9.76. The van der Waals surface area contributed by atoms with E-state index in [-0.39, 0.29) is 10.7 Å². The van der Waals surface area contributed by atoms with Gasteiger partial charge in [-0.1, -0.05) is 12.2 Å². The van der Waals surface area contributed by atoms with Crippen LogP contribution < -0.4 is 11.1 Å². The Balaban J connectivity index is 2.10. The van der Waals surface area contributed by atoms with Crippen LogP contribution in [-0.4, -0.2) is 15.9 Å². The largest absolute Gasteiger partial charge is 0.389 e. The van der Waals surface area contributed by atoms with Gasteiger partial charge >= 0.3 is 0 Å². The molecular weight excluding hydrogens is 265 g/mol. The lowest BCUT2D eigenvalue weighted by Crippen LogP contribution is -2.14. The number of anilines is 1. The zero-order valence-corrected chi connectivity index (χ0v) is 10.6. The number of hydrogen-bond acceptors (Lipinski definition) is 3. The minimum absolute atomic E-state index is 0.139. The third-order valence-electron chi connectivity index (χ3n) is 2.39. The summed E-state index contributed by atoms with van der Waals surface area (Å²) in [7, 11) is 0. The van der Waals surface area contributed by atoms with Gasteiger partial charge in [-0.2, -0.15) is 0 Å². The van der Waals surface area contributed by atoms with Crippen molar-refractivity contribution in [2.45, 2.75) is 0 Å². The highest BCUT2D eigenvalue weighted by molar-refractivity contribution is 7.80. The molecule has 96 valence electrons. The Bertz CT molecular complexity index is 611. The lowest BCUT2D eigenvalue weighted by Gasteiger charge is -2.05. The number of rotatable bonds is 3. The van der Waals surface area contributed by atoms with Gasteiger partial charge in [0.05, 0.1) is 6.20 Å². The summed E-state index contributed by atoms with van der Waals surface area (Å²) in [6.07, 6.45) is 0.991. The Hall–Kier alpha value is -2.34. The van der Waals surface area contributed by atoms with Crippen molar-refractivity contribution in [1.82, 2.24) is 4.98 Å². The number of nitrogens with zero attached hydrogens (tertiary/aromatic N) is 1. The Kier molecular flexibility index (Phi) is 3.82. The van der Waals surface area contributed by atoms with Crippen molar-refractivity contribution in [2.24, 2.45) is 5.73 Å². The summed E-state index contributed by atoms with van der Waals surface area (Å²) in [5.41, 5.74) is 6.90. The third-order valence-corrected chi connectivity index (χ3v) is 2.62. The number of hydrogen-bond donors (Lipinski definition) is 2. The maximum Gasteiger partial charge on any atom is 0.274 e. The van der Waals surface area contributed by atoms with E-state index >= 15 is 0 Å². The maximum absolute atomic E-state index is 12.7.